The Morgan fingerprint density at radius 3 is 2.74 bits per heavy atom. The van der Waals surface area contributed by atoms with Crippen molar-refractivity contribution in [1.29, 1.82) is 0 Å². The summed E-state index contributed by atoms with van der Waals surface area (Å²) >= 11 is 3.31. The van der Waals surface area contributed by atoms with Crippen LogP contribution in [0.3, 0.4) is 0 Å². The number of halogens is 1. The lowest BCUT2D eigenvalue weighted by Gasteiger charge is -2.24. The molecule has 2 aliphatic rings. The summed E-state index contributed by atoms with van der Waals surface area (Å²) in [7, 11) is 0. The first-order valence-corrected chi connectivity index (χ1v) is 7.15. The summed E-state index contributed by atoms with van der Waals surface area (Å²) in [6.45, 7) is 2.57. The van der Waals surface area contributed by atoms with Crippen LogP contribution in [-0.2, 0) is 6.54 Å². The van der Waals surface area contributed by atoms with Crippen LogP contribution < -0.4 is 0 Å². The summed E-state index contributed by atoms with van der Waals surface area (Å²) in [5.74, 6) is -0.610. The van der Waals surface area contributed by atoms with Crippen LogP contribution >= 0.6 is 15.9 Å². The normalized spacial score (nSPS) is 19.5. The van der Waals surface area contributed by atoms with Crippen molar-refractivity contribution < 1.29 is 14.7 Å². The fraction of sp³-hybridized carbons (Fsp3) is 0.429. The quantitative estimate of drug-likeness (QED) is 0.930. The number of rotatable bonds is 3. The zero-order valence-corrected chi connectivity index (χ0v) is 12.1. The van der Waals surface area contributed by atoms with Gasteiger partial charge in [-0.25, -0.2) is 4.79 Å². The van der Waals surface area contributed by atoms with E-state index in [2.05, 4.69) is 22.9 Å². The largest absolute Gasteiger partial charge is 0.478 e. The second-order valence-electron chi connectivity index (χ2n) is 5.30. The van der Waals surface area contributed by atoms with Gasteiger partial charge in [-0.05, 0) is 43.4 Å². The summed E-state index contributed by atoms with van der Waals surface area (Å²) in [5.41, 5.74) is 1.27. The van der Waals surface area contributed by atoms with Gasteiger partial charge in [0.15, 0.2) is 0 Å². The molecule has 1 aliphatic heterocycles. The lowest BCUT2D eigenvalue weighted by atomic mass is 10.0. The maximum atomic E-state index is 12.5. The van der Waals surface area contributed by atoms with Crippen molar-refractivity contribution in [3.63, 3.8) is 0 Å². The predicted molar refractivity (Wildman–Crippen MR) is 73.2 cm³/mol. The second kappa shape index (κ2) is 4.34. The maximum absolute atomic E-state index is 12.5. The van der Waals surface area contributed by atoms with Gasteiger partial charge < -0.3 is 10.0 Å². The summed E-state index contributed by atoms with van der Waals surface area (Å²) in [5, 5.41) is 9.25. The van der Waals surface area contributed by atoms with Gasteiger partial charge in [-0.15, -0.1) is 0 Å². The van der Waals surface area contributed by atoms with E-state index in [1.807, 2.05) is 6.07 Å². The highest BCUT2D eigenvalue weighted by Crippen LogP contribution is 2.39. The number of carbonyl (C=O) groups excluding carboxylic acids is 1. The molecule has 0 aromatic heterocycles. The molecule has 1 fully saturated rings. The van der Waals surface area contributed by atoms with E-state index in [1.165, 1.54) is 6.07 Å². The van der Waals surface area contributed by atoms with Crippen LogP contribution in [0.1, 0.15) is 46.0 Å². The van der Waals surface area contributed by atoms with Crippen molar-refractivity contribution in [2.45, 2.75) is 32.4 Å². The highest BCUT2D eigenvalue weighted by atomic mass is 79.9. The molecule has 0 saturated heterocycles. The van der Waals surface area contributed by atoms with Crippen LogP contribution in [-0.4, -0.2) is 27.9 Å². The molecule has 1 heterocycles. The summed E-state index contributed by atoms with van der Waals surface area (Å²) < 4.78 is 0.706. The topological polar surface area (TPSA) is 57.6 Å². The van der Waals surface area contributed by atoms with Crippen LogP contribution in [0.4, 0.5) is 0 Å². The molecule has 1 aliphatic carbocycles. The molecule has 4 nitrogen and oxygen atoms in total. The van der Waals surface area contributed by atoms with Crippen molar-refractivity contribution in [3.05, 3.63) is 33.3 Å². The third-order valence-corrected chi connectivity index (χ3v) is 4.48. The van der Waals surface area contributed by atoms with Gasteiger partial charge in [0.25, 0.3) is 5.91 Å². The summed E-state index contributed by atoms with van der Waals surface area (Å²) in [6, 6.07) is 3.55. The maximum Gasteiger partial charge on any atom is 0.336 e. The molecule has 0 bridgehead atoms. The first-order valence-electron chi connectivity index (χ1n) is 6.35. The molecular weight excluding hydrogens is 310 g/mol. The molecule has 19 heavy (non-hydrogen) atoms. The molecule has 1 atom stereocenters. The Kier molecular flexibility index (Phi) is 2.89. The van der Waals surface area contributed by atoms with E-state index in [-0.39, 0.29) is 17.5 Å². The van der Waals surface area contributed by atoms with E-state index >= 15 is 0 Å². The molecule has 1 aromatic carbocycles. The smallest absolute Gasteiger partial charge is 0.336 e. The summed E-state index contributed by atoms with van der Waals surface area (Å²) in [6.07, 6.45) is 2.33. The van der Waals surface area contributed by atoms with Gasteiger partial charge in [-0.1, -0.05) is 15.9 Å². The minimum atomic E-state index is -1.05. The number of carboxylic acids is 1. The zero-order valence-electron chi connectivity index (χ0n) is 10.5. The number of amides is 1. The SMILES string of the molecule is CC(C1CC1)N1Cc2cc(Br)cc(C(=O)O)c2C1=O. The van der Waals surface area contributed by atoms with Gasteiger partial charge in [-0.3, -0.25) is 4.79 Å². The molecule has 1 N–H and O–H groups in total. The standard InChI is InChI=1S/C14H14BrNO3/c1-7(8-2-3-8)16-6-9-4-10(15)5-11(14(18)19)12(9)13(16)17/h4-5,7-8H,2-3,6H2,1H3,(H,18,19). The van der Waals surface area contributed by atoms with Crippen molar-refractivity contribution in [2.75, 3.05) is 0 Å². The highest BCUT2D eigenvalue weighted by molar-refractivity contribution is 9.10. The second-order valence-corrected chi connectivity index (χ2v) is 6.22. The first-order chi connectivity index (χ1) is 8.99. The molecule has 3 rings (SSSR count). The Labute approximate surface area is 119 Å². The lowest BCUT2D eigenvalue weighted by Crippen LogP contribution is -2.35. The van der Waals surface area contributed by atoms with Crippen LogP contribution in [0, 0.1) is 5.92 Å². The van der Waals surface area contributed by atoms with Crippen LogP contribution in [0.25, 0.3) is 0 Å². The molecule has 1 amide bonds. The Morgan fingerprint density at radius 2 is 2.16 bits per heavy atom. The average molecular weight is 324 g/mol. The van der Waals surface area contributed by atoms with Crippen molar-refractivity contribution in [2.24, 2.45) is 5.92 Å². The molecule has 5 heteroatoms. The van der Waals surface area contributed by atoms with Gasteiger partial charge in [0, 0.05) is 17.1 Å². The molecule has 0 radical (unpaired) electrons. The van der Waals surface area contributed by atoms with E-state index < -0.39 is 5.97 Å². The number of benzene rings is 1. The fourth-order valence-corrected chi connectivity index (χ4v) is 3.28. The highest BCUT2D eigenvalue weighted by Gasteiger charge is 2.40. The van der Waals surface area contributed by atoms with Crippen molar-refractivity contribution in [3.8, 4) is 0 Å². The predicted octanol–water partition coefficient (Wildman–Crippen LogP) is 2.90. The number of hydrogen-bond donors (Lipinski definition) is 1. The fourth-order valence-electron chi connectivity index (χ4n) is 2.77. The van der Waals surface area contributed by atoms with E-state index in [1.54, 1.807) is 4.90 Å². The van der Waals surface area contributed by atoms with Crippen molar-refractivity contribution >= 4 is 27.8 Å². The molecule has 0 spiro atoms. The van der Waals surface area contributed by atoms with Crippen LogP contribution in [0.5, 0.6) is 0 Å². The van der Waals surface area contributed by atoms with Crippen molar-refractivity contribution in [1.82, 2.24) is 4.90 Å². The number of nitrogens with zero attached hydrogens (tertiary/aromatic N) is 1. The van der Waals surface area contributed by atoms with Gasteiger partial charge in [-0.2, -0.15) is 0 Å². The van der Waals surface area contributed by atoms with E-state index in [0.29, 0.717) is 22.5 Å². The number of fused-ring (bicyclic) bond motifs is 1. The number of carboxylic acid groups (broad SMARTS) is 1. The van der Waals surface area contributed by atoms with Gasteiger partial charge in [0.1, 0.15) is 0 Å². The average Bonchev–Trinajstić information content (AvgIpc) is 3.13. The minimum Gasteiger partial charge on any atom is -0.478 e. The van der Waals surface area contributed by atoms with Crippen LogP contribution in [0.15, 0.2) is 16.6 Å². The molecule has 100 valence electrons. The van der Waals surface area contributed by atoms with E-state index in [9.17, 15) is 14.7 Å². The van der Waals surface area contributed by atoms with Gasteiger partial charge >= 0.3 is 5.97 Å². The third-order valence-electron chi connectivity index (χ3n) is 4.03. The lowest BCUT2D eigenvalue weighted by molar-refractivity contribution is 0.0660. The first kappa shape index (κ1) is 12.7. The minimum absolute atomic E-state index is 0.0971. The Morgan fingerprint density at radius 1 is 1.47 bits per heavy atom. The Hall–Kier alpha value is -1.36. The summed E-state index contributed by atoms with van der Waals surface area (Å²) in [4.78, 5) is 25.6. The number of hydrogen-bond acceptors (Lipinski definition) is 2. The number of carbonyl (C=O) groups is 2. The molecule has 1 aromatic rings. The Balaban J connectivity index is 2.02. The Bertz CT molecular complexity index is 580. The van der Waals surface area contributed by atoms with E-state index in [0.717, 1.165) is 18.4 Å². The molecular formula is C14H14BrNO3. The van der Waals surface area contributed by atoms with Gasteiger partial charge in [0.05, 0.1) is 11.1 Å². The van der Waals surface area contributed by atoms with E-state index in [4.69, 9.17) is 0 Å². The number of aromatic carboxylic acids is 1. The monoisotopic (exact) mass is 323 g/mol. The third kappa shape index (κ3) is 2.06. The van der Waals surface area contributed by atoms with Crippen LogP contribution in [0.2, 0.25) is 0 Å². The zero-order chi connectivity index (χ0) is 13.7. The molecule has 1 unspecified atom stereocenters. The van der Waals surface area contributed by atoms with Gasteiger partial charge in [0.2, 0.25) is 0 Å². The molecule has 1 saturated carbocycles.